The summed E-state index contributed by atoms with van der Waals surface area (Å²) in [6.07, 6.45) is -1.96. The van der Waals surface area contributed by atoms with Crippen molar-refractivity contribution in [2.45, 2.75) is 49.2 Å². The maximum atomic E-state index is 15.2. The van der Waals surface area contributed by atoms with Crippen LogP contribution < -0.4 is 10.6 Å². The Hall–Kier alpha value is -3.04. The molecule has 0 amide bonds. The SMILES string of the molecule is O=[P+](S)O[C@@H]1C(CO)O[C@@H](n2cnc3c(NC/C=C\CNc4ncnc5c4ncn5[C@@H]4OC(CO)[C@@H](O[P+](=O)S)[C@H]4F)ncnc32)[C@@H]1F. The second-order valence-electron chi connectivity index (χ2n) is 10.3. The van der Waals surface area contributed by atoms with E-state index in [1.165, 1.54) is 34.4 Å². The zero-order valence-electron chi connectivity index (χ0n) is 24.4. The van der Waals surface area contributed by atoms with Crippen LogP contribution in [0, 0.1) is 0 Å². The molecule has 4 unspecified atom stereocenters. The normalized spacial score (nSPS) is 28.1. The average Bonchev–Trinajstić information content (AvgIpc) is 3.83. The summed E-state index contributed by atoms with van der Waals surface area (Å²) in [4.78, 5) is 25.5. The van der Waals surface area contributed by atoms with Gasteiger partial charge in [-0.1, -0.05) is 12.2 Å². The molecule has 0 spiro atoms. The summed E-state index contributed by atoms with van der Waals surface area (Å²) in [5, 5.41) is 25.4. The maximum absolute atomic E-state index is 15.2. The van der Waals surface area contributed by atoms with Crippen LogP contribution in [0.1, 0.15) is 12.5 Å². The van der Waals surface area contributed by atoms with Crippen LogP contribution in [0.4, 0.5) is 20.4 Å². The lowest BCUT2D eigenvalue weighted by Crippen LogP contribution is -2.31. The zero-order valence-corrected chi connectivity index (χ0v) is 28.0. The Morgan fingerprint density at radius 2 is 1.19 bits per heavy atom. The number of aromatic nitrogens is 8. The maximum Gasteiger partial charge on any atom is 0.582 e. The Bertz CT molecular complexity index is 1700. The fraction of sp³-hybridized carbons (Fsp3) is 0.500. The minimum absolute atomic E-state index is 0.264. The number of halogens is 2. The van der Waals surface area contributed by atoms with E-state index in [0.29, 0.717) is 35.8 Å². The van der Waals surface area contributed by atoms with E-state index in [2.05, 4.69) is 65.0 Å². The molecule has 48 heavy (non-hydrogen) atoms. The summed E-state index contributed by atoms with van der Waals surface area (Å²) < 4.78 is 77.4. The van der Waals surface area contributed by atoms with Crippen molar-refractivity contribution in [3.63, 3.8) is 0 Å². The van der Waals surface area contributed by atoms with E-state index in [0.717, 1.165) is 0 Å². The minimum Gasteiger partial charge on any atom is -0.394 e. The summed E-state index contributed by atoms with van der Waals surface area (Å²) in [5.74, 6) is 0.741. The first kappa shape index (κ1) is 34.8. The van der Waals surface area contributed by atoms with E-state index in [4.69, 9.17) is 18.5 Å². The van der Waals surface area contributed by atoms with Gasteiger partial charge in [0.2, 0.25) is 0 Å². The smallest absolute Gasteiger partial charge is 0.394 e. The van der Waals surface area contributed by atoms with Crippen LogP contribution in [0.5, 0.6) is 0 Å². The fourth-order valence-corrected chi connectivity index (χ4v) is 6.98. The number of fused-ring (bicyclic) bond motifs is 2. The van der Waals surface area contributed by atoms with Crippen LogP contribution in [0.25, 0.3) is 22.3 Å². The molecule has 0 aromatic carbocycles. The molecule has 2 saturated heterocycles. The van der Waals surface area contributed by atoms with Gasteiger partial charge in [0, 0.05) is 13.1 Å². The van der Waals surface area contributed by atoms with Crippen LogP contribution in [-0.2, 0) is 27.7 Å². The number of hydrogen-bond donors (Lipinski definition) is 6. The van der Waals surface area contributed by atoms with Crippen molar-refractivity contribution in [3.05, 3.63) is 37.5 Å². The summed E-state index contributed by atoms with van der Waals surface area (Å²) in [7, 11) is -4.87. The van der Waals surface area contributed by atoms with E-state index in [-0.39, 0.29) is 11.3 Å². The molecule has 2 aliphatic rings. The Balaban J connectivity index is 1.07. The predicted molar refractivity (Wildman–Crippen MR) is 171 cm³/mol. The van der Waals surface area contributed by atoms with Gasteiger partial charge in [-0.2, -0.15) is 0 Å². The van der Waals surface area contributed by atoms with Crippen LogP contribution in [0.15, 0.2) is 37.5 Å². The third-order valence-corrected chi connectivity index (χ3v) is 8.94. The van der Waals surface area contributed by atoms with Gasteiger partial charge in [0.15, 0.2) is 71.0 Å². The first-order valence-electron chi connectivity index (χ1n) is 14.2. The highest BCUT2D eigenvalue weighted by molar-refractivity contribution is 8.39. The number of ether oxygens (including phenoxy) is 2. The van der Waals surface area contributed by atoms with Crippen molar-refractivity contribution < 1.29 is 46.6 Å². The monoisotopic (exact) mass is 748 g/mol. The standard InChI is InChI=1S/C24H26F2N10O8P2S2/c25-13-17(43-45(39)47)11(5-37)41-23(13)35-9-33-15-19(29-7-31-21(15)35)27-3-1-2-4-28-20-16-22(32-8-30-20)36(10-34-16)24-14(26)18(44-46(40)48)12(6-38)42-24/h1-2,7-14,17-18,23-24,37-38H,3-6H2,(H2-2,27,28,29,30,31,32,39,40,47,48)/p+2/b2-1-/t11?,12?,13-,14-,17-,18-,23-,24-/m1/s1. The second kappa shape index (κ2) is 15.2. The summed E-state index contributed by atoms with van der Waals surface area (Å²) in [6, 6.07) is 0. The van der Waals surface area contributed by atoms with Crippen LogP contribution in [-0.4, -0.2) is 112 Å². The number of hydrogen-bond acceptors (Lipinski definition) is 16. The highest BCUT2D eigenvalue weighted by Crippen LogP contribution is 2.42. The van der Waals surface area contributed by atoms with Crippen molar-refractivity contribution in [2.24, 2.45) is 0 Å². The van der Waals surface area contributed by atoms with E-state index in [1.807, 2.05) is 0 Å². The lowest BCUT2D eigenvalue weighted by Gasteiger charge is -2.15. The van der Waals surface area contributed by atoms with Gasteiger partial charge in [0.1, 0.15) is 49.4 Å². The molecule has 0 radical (unpaired) electrons. The molecule has 4 aromatic heterocycles. The third kappa shape index (κ3) is 7.00. The quantitative estimate of drug-likeness (QED) is 0.0619. The van der Waals surface area contributed by atoms with Crippen molar-refractivity contribution in [1.29, 1.82) is 0 Å². The number of anilines is 2. The number of aliphatic hydroxyl groups excluding tert-OH is 2. The summed E-state index contributed by atoms with van der Waals surface area (Å²) >= 11 is 7.35. The molecule has 4 aromatic rings. The first-order valence-corrected chi connectivity index (χ1v) is 18.8. The van der Waals surface area contributed by atoms with Gasteiger partial charge in [0.25, 0.3) is 0 Å². The summed E-state index contributed by atoms with van der Waals surface area (Å²) in [6.45, 7) is -0.472. The highest BCUT2D eigenvalue weighted by Gasteiger charge is 2.52. The first-order chi connectivity index (χ1) is 23.2. The Morgan fingerprint density at radius 3 is 1.56 bits per heavy atom. The molecule has 24 heteroatoms. The van der Waals surface area contributed by atoms with Gasteiger partial charge in [-0.3, -0.25) is 9.13 Å². The molecule has 0 saturated carbocycles. The van der Waals surface area contributed by atoms with E-state index >= 15 is 8.78 Å². The second-order valence-corrected chi connectivity index (χ2v) is 13.7. The number of nitrogens with zero attached hydrogens (tertiary/aromatic N) is 8. The number of alkyl halides is 2. The van der Waals surface area contributed by atoms with Crippen molar-refractivity contribution >= 4 is 72.9 Å². The van der Waals surface area contributed by atoms with E-state index in [1.54, 1.807) is 12.2 Å². The van der Waals surface area contributed by atoms with Gasteiger partial charge >= 0.3 is 14.5 Å². The number of nitrogens with one attached hydrogen (secondary N) is 2. The van der Waals surface area contributed by atoms with E-state index in [9.17, 15) is 19.3 Å². The van der Waals surface area contributed by atoms with Gasteiger partial charge in [-0.25, -0.2) is 38.7 Å². The molecular weight excluding hydrogens is 720 g/mol. The summed E-state index contributed by atoms with van der Waals surface area (Å²) in [5.41, 5.74) is 1.21. The van der Waals surface area contributed by atoms with Gasteiger partial charge < -0.3 is 30.3 Å². The van der Waals surface area contributed by atoms with Crippen LogP contribution in [0.2, 0.25) is 0 Å². The van der Waals surface area contributed by atoms with Gasteiger partial charge in [0.05, 0.1) is 25.9 Å². The number of thiol groups is 2. The van der Waals surface area contributed by atoms with E-state index < -0.39 is 76.9 Å². The van der Waals surface area contributed by atoms with Crippen molar-refractivity contribution in [2.75, 3.05) is 36.9 Å². The largest absolute Gasteiger partial charge is 0.582 e. The number of aliphatic hydroxyl groups is 2. The molecular formula is C24H28F2N10O8P2S2+2. The number of rotatable bonds is 14. The predicted octanol–water partition coefficient (Wildman–Crippen LogP) is 2.45. The van der Waals surface area contributed by atoms with Gasteiger partial charge in [-0.15, -0.1) is 9.05 Å². The molecule has 4 N–H and O–H groups in total. The molecule has 6 heterocycles. The third-order valence-electron chi connectivity index (χ3n) is 7.52. The molecule has 2 aliphatic heterocycles. The molecule has 18 nitrogen and oxygen atoms in total. The van der Waals surface area contributed by atoms with Crippen molar-refractivity contribution in [1.82, 2.24) is 39.0 Å². The van der Waals surface area contributed by atoms with Crippen LogP contribution >= 0.6 is 39.0 Å². The number of imidazole rings is 2. The fourth-order valence-electron chi connectivity index (χ4n) is 5.40. The highest BCUT2D eigenvalue weighted by atomic mass is 32.7. The zero-order chi connectivity index (χ0) is 33.9. The Morgan fingerprint density at radius 1 is 0.771 bits per heavy atom. The molecule has 0 bridgehead atoms. The Labute approximate surface area is 281 Å². The molecule has 10 atom stereocenters. The average molecular weight is 749 g/mol. The molecule has 256 valence electrons. The van der Waals surface area contributed by atoms with Gasteiger partial charge in [-0.05, 0) is 9.13 Å². The minimum atomic E-state index is -2.43. The molecule has 6 rings (SSSR count). The molecule has 2 fully saturated rings. The Kier molecular flexibility index (Phi) is 11.1. The van der Waals surface area contributed by atoms with Crippen molar-refractivity contribution in [3.8, 4) is 0 Å². The lowest BCUT2D eigenvalue weighted by atomic mass is 10.1. The lowest BCUT2D eigenvalue weighted by molar-refractivity contribution is -0.0427. The topological polar surface area (TPSA) is 223 Å². The molecule has 0 aliphatic carbocycles. The van der Waals surface area contributed by atoms with Crippen LogP contribution in [0.3, 0.4) is 0 Å².